The molecular formula is C26H34N4O3. The van der Waals surface area contributed by atoms with Gasteiger partial charge in [0.1, 0.15) is 0 Å². The van der Waals surface area contributed by atoms with Crippen molar-refractivity contribution < 1.29 is 14.4 Å². The average Bonchev–Trinajstić information content (AvgIpc) is 2.81. The third-order valence-corrected chi connectivity index (χ3v) is 6.96. The summed E-state index contributed by atoms with van der Waals surface area (Å²) < 4.78 is 0. The van der Waals surface area contributed by atoms with Crippen LogP contribution in [-0.2, 0) is 20.9 Å². The highest BCUT2D eigenvalue weighted by Gasteiger charge is 2.34. The summed E-state index contributed by atoms with van der Waals surface area (Å²) in [6, 6.07) is 14.1. The Morgan fingerprint density at radius 1 is 1.06 bits per heavy atom. The first-order chi connectivity index (χ1) is 16.0. The van der Waals surface area contributed by atoms with Crippen LogP contribution in [0.5, 0.6) is 0 Å². The topological polar surface area (TPSA) is 81.8 Å². The van der Waals surface area contributed by atoms with Gasteiger partial charge in [-0.15, -0.1) is 0 Å². The highest BCUT2D eigenvalue weighted by Crippen LogP contribution is 2.24. The van der Waals surface area contributed by atoms with E-state index in [2.05, 4.69) is 45.9 Å². The lowest BCUT2D eigenvalue weighted by atomic mass is 9.93. The molecule has 2 aliphatic rings. The van der Waals surface area contributed by atoms with Crippen molar-refractivity contribution in [1.82, 2.24) is 20.4 Å². The van der Waals surface area contributed by atoms with Crippen LogP contribution in [0.25, 0.3) is 10.8 Å². The zero-order valence-corrected chi connectivity index (χ0v) is 19.4. The zero-order valence-electron chi connectivity index (χ0n) is 19.4. The van der Waals surface area contributed by atoms with Crippen molar-refractivity contribution in [3.8, 4) is 0 Å². The number of nitrogens with zero attached hydrogens (tertiary/aromatic N) is 2. The third-order valence-electron chi connectivity index (χ3n) is 6.96. The molecule has 0 saturated carbocycles. The van der Waals surface area contributed by atoms with Crippen LogP contribution in [0.4, 0.5) is 0 Å². The minimum Gasteiger partial charge on any atom is -0.356 e. The van der Waals surface area contributed by atoms with Gasteiger partial charge in [-0.3, -0.25) is 19.3 Å². The Kier molecular flexibility index (Phi) is 7.60. The Hall–Kier alpha value is -2.93. The number of hydrogen-bond acceptors (Lipinski definition) is 4. The largest absolute Gasteiger partial charge is 0.356 e. The number of benzene rings is 2. The molecule has 176 valence electrons. The van der Waals surface area contributed by atoms with Gasteiger partial charge in [-0.1, -0.05) is 42.5 Å². The minimum atomic E-state index is -0.442. The summed E-state index contributed by atoms with van der Waals surface area (Å²) in [6.45, 7) is 5.66. The van der Waals surface area contributed by atoms with Gasteiger partial charge in [0.15, 0.2) is 0 Å². The maximum atomic E-state index is 13.1. The first-order valence-electron chi connectivity index (χ1n) is 12.0. The van der Waals surface area contributed by atoms with Crippen molar-refractivity contribution in [2.45, 2.75) is 45.2 Å². The van der Waals surface area contributed by atoms with Gasteiger partial charge in [-0.2, -0.15) is 0 Å². The third kappa shape index (κ3) is 5.90. The molecule has 2 saturated heterocycles. The number of amides is 3. The van der Waals surface area contributed by atoms with Crippen LogP contribution in [-0.4, -0.2) is 66.3 Å². The first-order valence-corrected chi connectivity index (χ1v) is 12.0. The van der Waals surface area contributed by atoms with Gasteiger partial charge >= 0.3 is 0 Å². The predicted octanol–water partition coefficient (Wildman–Crippen LogP) is 2.30. The molecule has 1 atom stereocenters. The highest BCUT2D eigenvalue weighted by molar-refractivity contribution is 5.89. The normalized spacial score (nSPS) is 20.0. The number of piperazine rings is 1. The Labute approximate surface area is 195 Å². The molecule has 7 heteroatoms. The molecule has 2 aromatic carbocycles. The molecule has 0 aromatic heterocycles. The van der Waals surface area contributed by atoms with Crippen molar-refractivity contribution >= 4 is 28.5 Å². The highest BCUT2D eigenvalue weighted by atomic mass is 16.2. The van der Waals surface area contributed by atoms with Crippen molar-refractivity contribution in [2.75, 3.05) is 32.7 Å². The summed E-state index contributed by atoms with van der Waals surface area (Å²) in [5.74, 6) is 0.531. The molecule has 2 aromatic rings. The predicted molar refractivity (Wildman–Crippen MR) is 128 cm³/mol. The van der Waals surface area contributed by atoms with Gasteiger partial charge in [-0.05, 0) is 41.5 Å². The lowest BCUT2D eigenvalue weighted by Crippen LogP contribution is -2.56. The number of piperidine rings is 1. The number of carbonyl (C=O) groups is 3. The summed E-state index contributed by atoms with van der Waals surface area (Å²) >= 11 is 0. The molecule has 4 rings (SSSR count). The summed E-state index contributed by atoms with van der Waals surface area (Å²) in [4.78, 5) is 40.9. The zero-order chi connectivity index (χ0) is 23.2. The monoisotopic (exact) mass is 450 g/mol. The maximum Gasteiger partial charge on any atom is 0.237 e. The number of hydrogen-bond donors (Lipinski definition) is 2. The van der Waals surface area contributed by atoms with Gasteiger partial charge in [0.25, 0.3) is 0 Å². The number of carbonyl (C=O) groups excluding carboxylic acids is 3. The molecular weight excluding hydrogens is 416 g/mol. The molecule has 33 heavy (non-hydrogen) atoms. The quantitative estimate of drug-likeness (QED) is 0.678. The molecule has 2 aliphatic heterocycles. The fraction of sp³-hybridized carbons (Fsp3) is 0.500. The Morgan fingerprint density at radius 2 is 1.82 bits per heavy atom. The van der Waals surface area contributed by atoms with E-state index in [-0.39, 0.29) is 24.1 Å². The van der Waals surface area contributed by atoms with Gasteiger partial charge in [0, 0.05) is 46.2 Å². The standard InChI is InChI=1S/C26H34N4O3/c1-19(31)27-12-9-20-10-14-29(15-11-20)25(32)17-24-26(33)28-13-16-30(24)18-22-7-4-6-21-5-2-3-8-23(21)22/h2-8,20,24H,9-18H2,1H3,(H,27,31)(H,28,33)/t24-/m0/s1. The summed E-state index contributed by atoms with van der Waals surface area (Å²) in [7, 11) is 0. The SMILES string of the molecule is CC(=O)NCCC1CCN(C(=O)C[C@H]2C(=O)NCCN2Cc2cccc3ccccc23)CC1. The molecule has 2 heterocycles. The van der Waals surface area contributed by atoms with E-state index in [1.54, 1.807) is 0 Å². The van der Waals surface area contributed by atoms with E-state index in [0.29, 0.717) is 25.6 Å². The first kappa shape index (κ1) is 23.2. The van der Waals surface area contributed by atoms with Crippen molar-refractivity contribution in [3.05, 3.63) is 48.0 Å². The maximum absolute atomic E-state index is 13.1. The van der Waals surface area contributed by atoms with Gasteiger partial charge in [-0.25, -0.2) is 0 Å². The summed E-state index contributed by atoms with van der Waals surface area (Å²) in [5, 5.41) is 8.18. The fourth-order valence-corrected chi connectivity index (χ4v) is 5.04. The second-order valence-electron chi connectivity index (χ2n) is 9.22. The van der Waals surface area contributed by atoms with E-state index >= 15 is 0 Å². The van der Waals surface area contributed by atoms with Crippen molar-refractivity contribution in [2.24, 2.45) is 5.92 Å². The van der Waals surface area contributed by atoms with Crippen LogP contribution in [0.3, 0.4) is 0 Å². The molecule has 7 nitrogen and oxygen atoms in total. The molecule has 2 N–H and O–H groups in total. The van der Waals surface area contributed by atoms with Gasteiger partial charge in [0.2, 0.25) is 17.7 Å². The lowest BCUT2D eigenvalue weighted by Gasteiger charge is -2.37. The van der Waals surface area contributed by atoms with Crippen molar-refractivity contribution in [3.63, 3.8) is 0 Å². The van der Waals surface area contributed by atoms with Gasteiger partial charge in [0.05, 0.1) is 12.5 Å². The van der Waals surface area contributed by atoms with Crippen LogP contribution in [0, 0.1) is 5.92 Å². The van der Waals surface area contributed by atoms with E-state index in [4.69, 9.17) is 0 Å². The summed E-state index contributed by atoms with van der Waals surface area (Å²) in [6.07, 6.45) is 3.06. The van der Waals surface area contributed by atoms with E-state index in [9.17, 15) is 14.4 Å². The molecule has 0 spiro atoms. The molecule has 2 fully saturated rings. The Bertz CT molecular complexity index is 995. The fourth-order valence-electron chi connectivity index (χ4n) is 5.04. The second-order valence-corrected chi connectivity index (χ2v) is 9.22. The minimum absolute atomic E-state index is 0.00132. The van der Waals surface area contributed by atoms with E-state index < -0.39 is 6.04 Å². The van der Waals surface area contributed by atoms with Gasteiger partial charge < -0.3 is 15.5 Å². The number of nitrogens with one attached hydrogen (secondary N) is 2. The number of fused-ring (bicyclic) bond motifs is 1. The second kappa shape index (κ2) is 10.8. The molecule has 0 unspecified atom stereocenters. The lowest BCUT2D eigenvalue weighted by molar-refractivity contribution is -0.140. The molecule has 0 aliphatic carbocycles. The van der Waals surface area contributed by atoms with Crippen LogP contribution >= 0.6 is 0 Å². The Balaban J connectivity index is 1.36. The number of rotatable bonds is 7. The number of likely N-dealkylation sites (tertiary alicyclic amines) is 1. The van der Waals surface area contributed by atoms with Crippen LogP contribution < -0.4 is 10.6 Å². The summed E-state index contributed by atoms with van der Waals surface area (Å²) in [5.41, 5.74) is 1.18. The van der Waals surface area contributed by atoms with Crippen LogP contribution in [0.1, 0.15) is 38.2 Å². The van der Waals surface area contributed by atoms with Crippen LogP contribution in [0.15, 0.2) is 42.5 Å². The molecule has 0 bridgehead atoms. The van der Waals surface area contributed by atoms with Crippen LogP contribution in [0.2, 0.25) is 0 Å². The Morgan fingerprint density at radius 3 is 2.61 bits per heavy atom. The van der Waals surface area contributed by atoms with Crippen molar-refractivity contribution in [1.29, 1.82) is 0 Å². The average molecular weight is 451 g/mol. The van der Waals surface area contributed by atoms with E-state index in [1.165, 1.54) is 23.3 Å². The van der Waals surface area contributed by atoms with E-state index in [1.807, 2.05) is 17.0 Å². The van der Waals surface area contributed by atoms with E-state index in [0.717, 1.165) is 38.9 Å². The molecule has 3 amide bonds. The smallest absolute Gasteiger partial charge is 0.237 e. The molecule has 0 radical (unpaired) electrons.